The Morgan fingerprint density at radius 1 is 1.33 bits per heavy atom. The number of anilines is 1. The van der Waals surface area contributed by atoms with Crippen LogP contribution in [0.1, 0.15) is 16.1 Å². The molecule has 1 N–H and O–H groups in total. The molecule has 2 aromatic carbocycles. The summed E-state index contributed by atoms with van der Waals surface area (Å²) in [5, 5.41) is 7.12. The molecule has 0 spiro atoms. The van der Waals surface area contributed by atoms with Crippen LogP contribution in [-0.2, 0) is 0 Å². The van der Waals surface area contributed by atoms with Crippen LogP contribution in [0.4, 0.5) is 10.1 Å². The lowest BCUT2D eigenvalue weighted by atomic mass is 10.2. The fraction of sp³-hybridized carbons (Fsp3) is 0.0667. The molecule has 21 heavy (non-hydrogen) atoms. The molecule has 0 aliphatic heterocycles. The van der Waals surface area contributed by atoms with E-state index in [9.17, 15) is 9.18 Å². The predicted octanol–water partition coefficient (Wildman–Crippen LogP) is 4.18. The first-order valence-electron chi connectivity index (χ1n) is 6.17. The summed E-state index contributed by atoms with van der Waals surface area (Å²) in [7, 11) is 0. The molecular weight excluding hydrogens is 295 g/mol. The van der Waals surface area contributed by atoms with Crippen molar-refractivity contribution < 1.29 is 13.7 Å². The largest absolute Gasteiger partial charge is 0.355 e. The average Bonchev–Trinajstić information content (AvgIpc) is 2.88. The van der Waals surface area contributed by atoms with Crippen molar-refractivity contribution in [3.8, 4) is 0 Å². The second kappa shape index (κ2) is 5.18. The van der Waals surface area contributed by atoms with Gasteiger partial charge in [-0.3, -0.25) is 4.79 Å². The van der Waals surface area contributed by atoms with Crippen LogP contribution in [0.25, 0.3) is 11.0 Å². The zero-order valence-corrected chi connectivity index (χ0v) is 11.7. The van der Waals surface area contributed by atoms with Gasteiger partial charge in [0, 0.05) is 0 Å². The lowest BCUT2D eigenvalue weighted by Gasteiger charge is -2.07. The number of benzene rings is 2. The van der Waals surface area contributed by atoms with Gasteiger partial charge in [-0.1, -0.05) is 28.9 Å². The normalized spacial score (nSPS) is 10.8. The highest BCUT2D eigenvalue weighted by atomic mass is 35.5. The number of rotatable bonds is 2. The fourth-order valence-corrected chi connectivity index (χ4v) is 2.24. The number of hydrogen-bond acceptors (Lipinski definition) is 3. The Morgan fingerprint density at radius 3 is 2.90 bits per heavy atom. The SMILES string of the molecule is Cc1cc(Cl)c(NC(=O)c2noc3ccccc23)cc1F. The monoisotopic (exact) mass is 304 g/mol. The number of carbonyl (C=O) groups is 1. The number of nitrogens with zero attached hydrogens (tertiary/aromatic N) is 1. The van der Waals surface area contributed by atoms with Gasteiger partial charge in [0.05, 0.1) is 16.1 Å². The summed E-state index contributed by atoms with van der Waals surface area (Å²) in [4.78, 5) is 12.2. The second-order valence-corrected chi connectivity index (χ2v) is 4.97. The van der Waals surface area contributed by atoms with E-state index < -0.39 is 11.7 Å². The molecule has 0 bridgehead atoms. The number of hydrogen-bond donors (Lipinski definition) is 1. The second-order valence-electron chi connectivity index (χ2n) is 4.56. The summed E-state index contributed by atoms with van der Waals surface area (Å²) in [6.07, 6.45) is 0. The van der Waals surface area contributed by atoms with Crippen LogP contribution in [0.5, 0.6) is 0 Å². The molecule has 1 heterocycles. The van der Waals surface area contributed by atoms with E-state index in [1.54, 1.807) is 31.2 Å². The van der Waals surface area contributed by atoms with Gasteiger partial charge in [0.2, 0.25) is 0 Å². The third-order valence-corrected chi connectivity index (χ3v) is 3.40. The molecule has 1 aromatic heterocycles. The van der Waals surface area contributed by atoms with E-state index in [0.29, 0.717) is 16.5 Å². The van der Waals surface area contributed by atoms with Crippen LogP contribution in [0.2, 0.25) is 5.02 Å². The van der Waals surface area contributed by atoms with Crippen molar-refractivity contribution in [2.45, 2.75) is 6.92 Å². The van der Waals surface area contributed by atoms with Crippen molar-refractivity contribution in [3.63, 3.8) is 0 Å². The van der Waals surface area contributed by atoms with E-state index >= 15 is 0 Å². The van der Waals surface area contributed by atoms with Crippen molar-refractivity contribution >= 4 is 34.2 Å². The highest BCUT2D eigenvalue weighted by Gasteiger charge is 2.17. The number of carbonyl (C=O) groups excluding carboxylic acids is 1. The van der Waals surface area contributed by atoms with Gasteiger partial charge in [0.1, 0.15) is 5.82 Å². The minimum absolute atomic E-state index is 0.127. The predicted molar refractivity (Wildman–Crippen MR) is 78.1 cm³/mol. The third kappa shape index (κ3) is 2.48. The lowest BCUT2D eigenvalue weighted by molar-refractivity contribution is 0.102. The molecule has 1 amide bonds. The van der Waals surface area contributed by atoms with Crippen LogP contribution in [0, 0.1) is 12.7 Å². The summed E-state index contributed by atoms with van der Waals surface area (Å²) >= 11 is 6.00. The Morgan fingerprint density at radius 2 is 2.10 bits per heavy atom. The number of fused-ring (bicyclic) bond motifs is 1. The number of amides is 1. The minimum atomic E-state index is -0.509. The highest BCUT2D eigenvalue weighted by molar-refractivity contribution is 6.34. The summed E-state index contributed by atoms with van der Waals surface area (Å²) in [6.45, 7) is 1.60. The van der Waals surface area contributed by atoms with Crippen LogP contribution in [0.15, 0.2) is 40.9 Å². The van der Waals surface area contributed by atoms with Gasteiger partial charge >= 0.3 is 0 Å². The summed E-state index contributed by atoms with van der Waals surface area (Å²) in [5.41, 5.74) is 1.23. The maximum absolute atomic E-state index is 13.6. The molecular formula is C15H10ClFN2O2. The Bertz CT molecular complexity index is 845. The van der Waals surface area contributed by atoms with Crippen LogP contribution in [0.3, 0.4) is 0 Å². The summed E-state index contributed by atoms with van der Waals surface area (Å²) < 4.78 is 18.6. The molecule has 4 nitrogen and oxygen atoms in total. The number of halogens is 2. The van der Waals surface area contributed by atoms with Crippen molar-refractivity contribution in [1.29, 1.82) is 0 Å². The molecule has 0 unspecified atom stereocenters. The molecule has 0 radical (unpaired) electrons. The minimum Gasteiger partial charge on any atom is -0.355 e. The van der Waals surface area contributed by atoms with Gasteiger partial charge in [-0.15, -0.1) is 0 Å². The Balaban J connectivity index is 1.95. The molecule has 0 saturated heterocycles. The smallest absolute Gasteiger partial charge is 0.278 e. The van der Waals surface area contributed by atoms with E-state index in [0.717, 1.165) is 0 Å². The van der Waals surface area contributed by atoms with E-state index in [-0.39, 0.29) is 16.4 Å². The van der Waals surface area contributed by atoms with E-state index in [1.807, 2.05) is 0 Å². The number of aryl methyl sites for hydroxylation is 1. The van der Waals surface area contributed by atoms with Gasteiger partial charge in [-0.25, -0.2) is 4.39 Å². The van der Waals surface area contributed by atoms with Crippen LogP contribution in [-0.4, -0.2) is 11.1 Å². The average molecular weight is 305 g/mol. The fourth-order valence-electron chi connectivity index (χ4n) is 1.97. The molecule has 3 rings (SSSR count). The standard InChI is InChI=1S/C15H10ClFN2O2/c1-8-6-10(16)12(7-11(8)17)18-15(20)14-9-4-2-3-5-13(9)21-19-14/h2-7H,1H3,(H,18,20). The Hall–Kier alpha value is -2.40. The zero-order valence-electron chi connectivity index (χ0n) is 11.0. The molecule has 0 aliphatic rings. The maximum Gasteiger partial charge on any atom is 0.278 e. The van der Waals surface area contributed by atoms with Gasteiger partial charge in [-0.2, -0.15) is 0 Å². The summed E-state index contributed by atoms with van der Waals surface area (Å²) in [6, 6.07) is 9.61. The number of aromatic nitrogens is 1. The molecule has 0 atom stereocenters. The van der Waals surface area contributed by atoms with Crippen molar-refractivity contribution in [2.75, 3.05) is 5.32 Å². The first kappa shape index (κ1) is 13.6. The van der Waals surface area contributed by atoms with Gasteiger partial charge < -0.3 is 9.84 Å². The van der Waals surface area contributed by atoms with E-state index in [4.69, 9.17) is 16.1 Å². The molecule has 0 saturated carbocycles. The third-order valence-electron chi connectivity index (χ3n) is 3.09. The van der Waals surface area contributed by atoms with Crippen molar-refractivity contribution in [2.24, 2.45) is 0 Å². The molecule has 0 fully saturated rings. The van der Waals surface area contributed by atoms with Crippen LogP contribution >= 0.6 is 11.6 Å². The van der Waals surface area contributed by atoms with Crippen molar-refractivity contribution in [3.05, 3.63) is 58.5 Å². The molecule has 0 aliphatic carbocycles. The van der Waals surface area contributed by atoms with Gasteiger partial charge in [-0.05, 0) is 36.8 Å². The topological polar surface area (TPSA) is 55.1 Å². The maximum atomic E-state index is 13.6. The van der Waals surface area contributed by atoms with Crippen molar-refractivity contribution in [1.82, 2.24) is 5.16 Å². The quantitative estimate of drug-likeness (QED) is 0.772. The van der Waals surface area contributed by atoms with E-state index in [1.165, 1.54) is 12.1 Å². The van der Waals surface area contributed by atoms with Crippen LogP contribution < -0.4 is 5.32 Å². The molecule has 6 heteroatoms. The Labute approximate surface area is 124 Å². The first-order chi connectivity index (χ1) is 10.1. The summed E-state index contributed by atoms with van der Waals surface area (Å²) in [5.74, 6) is -0.954. The van der Waals surface area contributed by atoms with Gasteiger partial charge in [0.15, 0.2) is 11.3 Å². The number of nitrogens with one attached hydrogen (secondary N) is 1. The highest BCUT2D eigenvalue weighted by Crippen LogP contribution is 2.26. The number of para-hydroxylation sites is 1. The first-order valence-corrected chi connectivity index (χ1v) is 6.55. The Kier molecular flexibility index (Phi) is 3.35. The molecule has 106 valence electrons. The molecule has 3 aromatic rings. The lowest BCUT2D eigenvalue weighted by Crippen LogP contribution is -2.13. The van der Waals surface area contributed by atoms with Gasteiger partial charge in [0.25, 0.3) is 5.91 Å². The zero-order chi connectivity index (χ0) is 15.0. The van der Waals surface area contributed by atoms with E-state index in [2.05, 4.69) is 10.5 Å².